The van der Waals surface area contributed by atoms with Gasteiger partial charge in [-0.05, 0) is 13.3 Å². The first-order valence-corrected chi connectivity index (χ1v) is 6.57. The van der Waals surface area contributed by atoms with E-state index < -0.39 is 0 Å². The van der Waals surface area contributed by atoms with Gasteiger partial charge in [-0.1, -0.05) is 18.5 Å². The van der Waals surface area contributed by atoms with Crippen LogP contribution in [0.15, 0.2) is 18.6 Å². The summed E-state index contributed by atoms with van der Waals surface area (Å²) in [6, 6.07) is 0.0986. The van der Waals surface area contributed by atoms with Crippen molar-refractivity contribution in [2.45, 2.75) is 26.3 Å². The Hall–Kier alpha value is -1.20. The highest BCUT2D eigenvalue weighted by Crippen LogP contribution is 2.22. The molecule has 0 aliphatic rings. The third-order valence-electron chi connectivity index (χ3n) is 2.26. The maximum Gasteiger partial charge on any atom is 0.223 e. The van der Waals surface area contributed by atoms with E-state index in [9.17, 15) is 0 Å². The number of anilines is 1. The van der Waals surface area contributed by atoms with E-state index in [-0.39, 0.29) is 6.04 Å². The molecule has 0 saturated carbocycles. The molecule has 0 radical (unpaired) electrons. The summed E-state index contributed by atoms with van der Waals surface area (Å²) < 4.78 is 0. The standard InChI is InChI=1S/C11H13ClN4S/c1-3-9-6-13-10(17-9)7(2)16-11-14-4-8(12)5-15-11/h4-7H,3H2,1-2H3,(H,14,15,16). The molecule has 0 saturated heterocycles. The van der Waals surface area contributed by atoms with Crippen molar-refractivity contribution in [3.05, 3.63) is 33.5 Å². The largest absolute Gasteiger partial charge is 0.345 e. The van der Waals surface area contributed by atoms with Crippen molar-refractivity contribution in [1.29, 1.82) is 0 Å². The molecule has 2 aromatic heterocycles. The third-order valence-corrected chi connectivity index (χ3v) is 3.78. The first-order chi connectivity index (χ1) is 8.19. The Morgan fingerprint density at radius 2 is 2.00 bits per heavy atom. The molecular weight excluding hydrogens is 256 g/mol. The van der Waals surface area contributed by atoms with Crippen LogP contribution in [0.1, 0.15) is 29.8 Å². The molecule has 0 fully saturated rings. The average Bonchev–Trinajstić information content (AvgIpc) is 2.81. The van der Waals surface area contributed by atoms with Crippen LogP contribution in [0.25, 0.3) is 0 Å². The van der Waals surface area contributed by atoms with Gasteiger partial charge in [0.2, 0.25) is 5.95 Å². The van der Waals surface area contributed by atoms with E-state index in [1.807, 2.05) is 13.1 Å². The maximum atomic E-state index is 5.72. The van der Waals surface area contributed by atoms with Crippen LogP contribution in [0.2, 0.25) is 5.02 Å². The number of aromatic nitrogens is 3. The number of thiazole rings is 1. The Balaban J connectivity index is 2.05. The SMILES string of the molecule is CCc1cnc(C(C)Nc2ncc(Cl)cn2)s1. The van der Waals surface area contributed by atoms with Crippen LogP contribution in [0.3, 0.4) is 0 Å². The van der Waals surface area contributed by atoms with Crippen LogP contribution in [0, 0.1) is 0 Å². The lowest BCUT2D eigenvalue weighted by Gasteiger charge is -2.10. The fraction of sp³-hybridized carbons (Fsp3) is 0.364. The van der Waals surface area contributed by atoms with E-state index in [0.29, 0.717) is 11.0 Å². The zero-order chi connectivity index (χ0) is 12.3. The number of nitrogens with zero attached hydrogens (tertiary/aromatic N) is 3. The second-order valence-electron chi connectivity index (χ2n) is 3.61. The molecule has 0 spiro atoms. The maximum absolute atomic E-state index is 5.72. The van der Waals surface area contributed by atoms with Crippen molar-refractivity contribution in [2.75, 3.05) is 5.32 Å². The van der Waals surface area contributed by atoms with Gasteiger partial charge in [0, 0.05) is 11.1 Å². The van der Waals surface area contributed by atoms with Gasteiger partial charge in [-0.2, -0.15) is 0 Å². The quantitative estimate of drug-likeness (QED) is 0.924. The number of hydrogen-bond acceptors (Lipinski definition) is 5. The van der Waals surface area contributed by atoms with E-state index in [2.05, 4.69) is 27.2 Å². The lowest BCUT2D eigenvalue weighted by molar-refractivity contribution is 0.848. The molecule has 0 aromatic carbocycles. The highest BCUT2D eigenvalue weighted by molar-refractivity contribution is 7.11. The van der Waals surface area contributed by atoms with Crippen molar-refractivity contribution in [3.63, 3.8) is 0 Å². The van der Waals surface area contributed by atoms with Crippen LogP contribution in [-0.2, 0) is 6.42 Å². The Morgan fingerprint density at radius 3 is 2.59 bits per heavy atom. The zero-order valence-electron chi connectivity index (χ0n) is 9.64. The van der Waals surface area contributed by atoms with Crippen molar-refractivity contribution in [3.8, 4) is 0 Å². The summed E-state index contributed by atoms with van der Waals surface area (Å²) >= 11 is 7.43. The van der Waals surface area contributed by atoms with Gasteiger partial charge in [0.1, 0.15) is 5.01 Å². The molecule has 2 aromatic rings. The normalized spacial score (nSPS) is 12.4. The topological polar surface area (TPSA) is 50.7 Å². The first-order valence-electron chi connectivity index (χ1n) is 5.37. The summed E-state index contributed by atoms with van der Waals surface area (Å²) in [6.07, 6.45) is 6.08. The van der Waals surface area contributed by atoms with Crippen molar-refractivity contribution < 1.29 is 0 Å². The van der Waals surface area contributed by atoms with Crippen molar-refractivity contribution in [1.82, 2.24) is 15.0 Å². The second kappa shape index (κ2) is 5.42. The minimum absolute atomic E-state index is 0.0986. The Morgan fingerprint density at radius 1 is 1.29 bits per heavy atom. The van der Waals surface area contributed by atoms with E-state index in [4.69, 9.17) is 11.6 Å². The predicted octanol–water partition coefficient (Wildman–Crippen LogP) is 3.32. The predicted molar refractivity (Wildman–Crippen MR) is 70.6 cm³/mol. The number of aryl methyl sites for hydroxylation is 1. The molecule has 2 heterocycles. The molecule has 1 unspecified atom stereocenters. The molecule has 1 N–H and O–H groups in total. The smallest absolute Gasteiger partial charge is 0.223 e. The summed E-state index contributed by atoms with van der Waals surface area (Å²) in [5.74, 6) is 0.565. The molecule has 4 nitrogen and oxygen atoms in total. The minimum atomic E-state index is 0.0986. The molecule has 6 heteroatoms. The van der Waals surface area contributed by atoms with E-state index >= 15 is 0 Å². The molecule has 0 amide bonds. The monoisotopic (exact) mass is 268 g/mol. The molecule has 90 valence electrons. The summed E-state index contributed by atoms with van der Waals surface area (Å²) in [5.41, 5.74) is 0. The van der Waals surface area contributed by atoms with Gasteiger partial charge in [0.15, 0.2) is 0 Å². The van der Waals surface area contributed by atoms with Crippen LogP contribution in [0.5, 0.6) is 0 Å². The van der Waals surface area contributed by atoms with Gasteiger partial charge < -0.3 is 5.32 Å². The molecule has 1 atom stereocenters. The molecule has 0 aliphatic heterocycles. The highest BCUT2D eigenvalue weighted by atomic mass is 35.5. The number of hydrogen-bond donors (Lipinski definition) is 1. The van der Waals surface area contributed by atoms with Crippen molar-refractivity contribution in [2.24, 2.45) is 0 Å². The number of halogens is 1. The Bertz CT molecular complexity index is 482. The highest BCUT2D eigenvalue weighted by Gasteiger charge is 2.10. The molecule has 2 rings (SSSR count). The van der Waals surface area contributed by atoms with Crippen LogP contribution in [-0.4, -0.2) is 15.0 Å². The van der Waals surface area contributed by atoms with E-state index in [0.717, 1.165) is 11.4 Å². The van der Waals surface area contributed by atoms with Crippen LogP contribution >= 0.6 is 22.9 Å². The minimum Gasteiger partial charge on any atom is -0.345 e. The van der Waals surface area contributed by atoms with E-state index in [1.165, 1.54) is 4.88 Å². The van der Waals surface area contributed by atoms with Gasteiger partial charge in [-0.25, -0.2) is 15.0 Å². The van der Waals surface area contributed by atoms with Gasteiger partial charge in [0.05, 0.1) is 23.5 Å². The summed E-state index contributed by atoms with van der Waals surface area (Å²) in [5, 5.41) is 4.76. The molecule has 17 heavy (non-hydrogen) atoms. The summed E-state index contributed by atoms with van der Waals surface area (Å²) in [6.45, 7) is 4.16. The van der Waals surface area contributed by atoms with Gasteiger partial charge in [-0.3, -0.25) is 0 Å². The van der Waals surface area contributed by atoms with Gasteiger partial charge >= 0.3 is 0 Å². The molecule has 0 aliphatic carbocycles. The third kappa shape index (κ3) is 3.14. The first kappa shape index (κ1) is 12.3. The summed E-state index contributed by atoms with van der Waals surface area (Å²) in [4.78, 5) is 13.8. The number of rotatable bonds is 4. The Kier molecular flexibility index (Phi) is 3.91. The van der Waals surface area contributed by atoms with Crippen LogP contribution in [0.4, 0.5) is 5.95 Å². The number of nitrogens with one attached hydrogen (secondary N) is 1. The van der Waals surface area contributed by atoms with Crippen LogP contribution < -0.4 is 5.32 Å². The van der Waals surface area contributed by atoms with Crippen molar-refractivity contribution >= 4 is 28.9 Å². The molecule has 0 bridgehead atoms. The summed E-state index contributed by atoms with van der Waals surface area (Å²) in [7, 11) is 0. The van der Waals surface area contributed by atoms with Gasteiger partial charge in [0.25, 0.3) is 0 Å². The molecular formula is C11H13ClN4S. The average molecular weight is 269 g/mol. The van der Waals surface area contributed by atoms with Gasteiger partial charge in [-0.15, -0.1) is 11.3 Å². The lowest BCUT2D eigenvalue weighted by atomic mass is 10.3. The second-order valence-corrected chi connectivity index (χ2v) is 5.19. The fourth-order valence-electron chi connectivity index (χ4n) is 1.33. The van der Waals surface area contributed by atoms with E-state index in [1.54, 1.807) is 23.7 Å². The lowest BCUT2D eigenvalue weighted by Crippen LogP contribution is -2.08. The Labute approximate surface area is 109 Å². The zero-order valence-corrected chi connectivity index (χ0v) is 11.2. The fourth-order valence-corrected chi connectivity index (χ4v) is 2.29.